The van der Waals surface area contributed by atoms with Crippen LogP contribution in [0.3, 0.4) is 0 Å². The molecule has 2 aliphatic rings. The van der Waals surface area contributed by atoms with Gasteiger partial charge in [0.25, 0.3) is 5.91 Å². The zero-order valence-corrected chi connectivity index (χ0v) is 17.6. The van der Waals surface area contributed by atoms with Crippen LogP contribution in [0.2, 0.25) is 0 Å². The Balaban J connectivity index is 1.61. The first kappa shape index (κ1) is 20.3. The van der Waals surface area contributed by atoms with E-state index in [9.17, 15) is 4.79 Å². The van der Waals surface area contributed by atoms with Gasteiger partial charge < -0.3 is 10.6 Å². The van der Waals surface area contributed by atoms with Crippen LogP contribution in [0, 0.1) is 18.8 Å². The lowest BCUT2D eigenvalue weighted by atomic mass is 9.88. The maximum absolute atomic E-state index is 12.8. The molecule has 0 spiro atoms. The SMILES string of the molecule is Cc1c(C(=O)NCC(C)(C)N2CC(C)CC(C)C2)nnn1C1CCNCC1. The summed E-state index contributed by atoms with van der Waals surface area (Å²) in [7, 11) is 0. The van der Waals surface area contributed by atoms with Crippen molar-refractivity contribution in [2.24, 2.45) is 11.8 Å². The fraction of sp³-hybridized carbons (Fsp3) is 0.850. The first-order valence-corrected chi connectivity index (χ1v) is 10.4. The molecular weight excluding hydrogens is 340 g/mol. The summed E-state index contributed by atoms with van der Waals surface area (Å²) in [5.41, 5.74) is 1.26. The summed E-state index contributed by atoms with van der Waals surface area (Å²) in [6.45, 7) is 15.8. The zero-order chi connectivity index (χ0) is 19.6. The minimum Gasteiger partial charge on any atom is -0.349 e. The Hall–Kier alpha value is -1.47. The van der Waals surface area contributed by atoms with Gasteiger partial charge in [0.2, 0.25) is 0 Å². The van der Waals surface area contributed by atoms with Gasteiger partial charge >= 0.3 is 0 Å². The molecule has 0 aliphatic carbocycles. The molecule has 0 radical (unpaired) electrons. The minimum atomic E-state index is -0.112. The fourth-order valence-electron chi connectivity index (χ4n) is 4.60. The molecule has 3 heterocycles. The predicted molar refractivity (Wildman–Crippen MR) is 107 cm³/mol. The average Bonchev–Trinajstić information content (AvgIpc) is 3.01. The highest BCUT2D eigenvalue weighted by atomic mass is 16.2. The molecule has 7 nitrogen and oxygen atoms in total. The minimum absolute atomic E-state index is 0.0719. The lowest BCUT2D eigenvalue weighted by Gasteiger charge is -2.45. The van der Waals surface area contributed by atoms with Gasteiger partial charge in [-0.05, 0) is 65.0 Å². The second kappa shape index (κ2) is 8.27. The summed E-state index contributed by atoms with van der Waals surface area (Å²) in [4.78, 5) is 15.3. The normalized spacial score (nSPS) is 25.5. The summed E-state index contributed by atoms with van der Waals surface area (Å²) in [5.74, 6) is 1.30. The Bertz CT molecular complexity index is 639. The number of nitrogens with one attached hydrogen (secondary N) is 2. The molecule has 152 valence electrons. The van der Waals surface area contributed by atoms with Crippen molar-refractivity contribution >= 4 is 5.91 Å². The van der Waals surface area contributed by atoms with Crippen molar-refractivity contribution in [3.63, 3.8) is 0 Å². The Morgan fingerprint density at radius 1 is 1.22 bits per heavy atom. The Morgan fingerprint density at radius 3 is 2.48 bits per heavy atom. The summed E-state index contributed by atoms with van der Waals surface area (Å²) in [6, 6.07) is 0.341. The van der Waals surface area contributed by atoms with Gasteiger partial charge in [-0.1, -0.05) is 19.1 Å². The maximum Gasteiger partial charge on any atom is 0.273 e. The van der Waals surface area contributed by atoms with Crippen LogP contribution in [-0.2, 0) is 0 Å². The average molecular weight is 377 g/mol. The maximum atomic E-state index is 12.8. The van der Waals surface area contributed by atoms with Crippen molar-refractivity contribution in [3.05, 3.63) is 11.4 Å². The van der Waals surface area contributed by atoms with Gasteiger partial charge in [0.1, 0.15) is 0 Å². The van der Waals surface area contributed by atoms with Crippen LogP contribution in [0.25, 0.3) is 0 Å². The zero-order valence-electron chi connectivity index (χ0n) is 17.6. The quantitative estimate of drug-likeness (QED) is 0.822. The molecule has 2 aliphatic heterocycles. The summed E-state index contributed by atoms with van der Waals surface area (Å²) < 4.78 is 1.94. The molecule has 2 fully saturated rings. The molecule has 1 amide bonds. The fourth-order valence-corrected chi connectivity index (χ4v) is 4.60. The standard InChI is InChI=1S/C20H36N6O/c1-14-10-15(2)12-25(11-14)20(4,5)13-22-19(27)18-16(3)26(24-23-18)17-6-8-21-9-7-17/h14-15,17,21H,6-13H2,1-5H3,(H,22,27). The summed E-state index contributed by atoms with van der Waals surface area (Å²) in [6.07, 6.45) is 3.35. The number of carbonyl (C=O) groups excluding carboxylic acids is 1. The number of nitrogens with zero attached hydrogens (tertiary/aromatic N) is 4. The van der Waals surface area contributed by atoms with Crippen molar-refractivity contribution in [2.75, 3.05) is 32.7 Å². The van der Waals surface area contributed by atoms with Gasteiger partial charge in [-0.25, -0.2) is 4.68 Å². The van der Waals surface area contributed by atoms with E-state index in [0.29, 0.717) is 30.1 Å². The van der Waals surface area contributed by atoms with Gasteiger partial charge in [-0.15, -0.1) is 5.10 Å². The van der Waals surface area contributed by atoms with Crippen LogP contribution in [0.1, 0.15) is 69.2 Å². The molecule has 2 saturated heterocycles. The van der Waals surface area contributed by atoms with Crippen LogP contribution in [0.15, 0.2) is 0 Å². The topological polar surface area (TPSA) is 75.1 Å². The second-order valence-corrected chi connectivity index (χ2v) is 9.30. The Kier molecular flexibility index (Phi) is 6.21. The molecule has 2 atom stereocenters. The van der Waals surface area contributed by atoms with Crippen molar-refractivity contribution in [3.8, 4) is 0 Å². The summed E-state index contributed by atoms with van der Waals surface area (Å²) in [5, 5.41) is 15.0. The van der Waals surface area contributed by atoms with Crippen LogP contribution in [0.5, 0.6) is 0 Å². The molecular formula is C20H36N6O. The van der Waals surface area contributed by atoms with E-state index in [1.165, 1.54) is 6.42 Å². The van der Waals surface area contributed by atoms with Gasteiger partial charge in [0.05, 0.1) is 11.7 Å². The molecule has 0 saturated carbocycles. The molecule has 1 aromatic heterocycles. The third-order valence-corrected chi connectivity index (χ3v) is 6.20. The van der Waals surface area contributed by atoms with E-state index in [1.807, 2.05) is 11.6 Å². The first-order chi connectivity index (χ1) is 12.8. The van der Waals surface area contributed by atoms with Crippen molar-refractivity contribution in [1.82, 2.24) is 30.5 Å². The lowest BCUT2D eigenvalue weighted by molar-refractivity contribution is 0.0444. The number of amides is 1. The van der Waals surface area contributed by atoms with Gasteiger partial charge in [-0.2, -0.15) is 0 Å². The second-order valence-electron chi connectivity index (χ2n) is 9.30. The third-order valence-electron chi connectivity index (χ3n) is 6.20. The van der Waals surface area contributed by atoms with Crippen molar-refractivity contribution in [2.45, 2.75) is 65.5 Å². The van der Waals surface area contributed by atoms with E-state index in [1.54, 1.807) is 0 Å². The number of aromatic nitrogens is 3. The molecule has 2 N–H and O–H groups in total. The molecule has 0 bridgehead atoms. The molecule has 27 heavy (non-hydrogen) atoms. The van der Waals surface area contributed by atoms with E-state index in [4.69, 9.17) is 0 Å². The molecule has 1 aromatic rings. The lowest BCUT2D eigenvalue weighted by Crippen LogP contribution is -2.56. The first-order valence-electron chi connectivity index (χ1n) is 10.4. The van der Waals surface area contributed by atoms with Crippen LogP contribution < -0.4 is 10.6 Å². The number of carbonyl (C=O) groups is 1. The highest BCUT2D eigenvalue weighted by molar-refractivity contribution is 5.93. The molecule has 3 rings (SSSR count). The smallest absolute Gasteiger partial charge is 0.273 e. The molecule has 2 unspecified atom stereocenters. The number of piperidine rings is 2. The van der Waals surface area contributed by atoms with Gasteiger partial charge in [0.15, 0.2) is 5.69 Å². The highest BCUT2D eigenvalue weighted by Crippen LogP contribution is 2.27. The van der Waals surface area contributed by atoms with E-state index < -0.39 is 0 Å². The predicted octanol–water partition coefficient (Wildman–Crippen LogP) is 2.00. The van der Waals surface area contributed by atoms with Crippen molar-refractivity contribution in [1.29, 1.82) is 0 Å². The number of hydrogen-bond acceptors (Lipinski definition) is 5. The number of likely N-dealkylation sites (tertiary alicyclic amines) is 1. The van der Waals surface area contributed by atoms with E-state index in [0.717, 1.165) is 44.7 Å². The Morgan fingerprint density at radius 2 is 1.85 bits per heavy atom. The van der Waals surface area contributed by atoms with Crippen LogP contribution in [-0.4, -0.2) is 64.1 Å². The Labute approximate surface area is 163 Å². The summed E-state index contributed by atoms with van der Waals surface area (Å²) >= 11 is 0. The molecule has 7 heteroatoms. The van der Waals surface area contributed by atoms with Crippen LogP contribution >= 0.6 is 0 Å². The number of hydrogen-bond donors (Lipinski definition) is 2. The highest BCUT2D eigenvalue weighted by Gasteiger charge is 2.33. The van der Waals surface area contributed by atoms with Gasteiger partial charge in [-0.3, -0.25) is 9.69 Å². The van der Waals surface area contributed by atoms with Crippen LogP contribution in [0.4, 0.5) is 0 Å². The van der Waals surface area contributed by atoms with E-state index in [2.05, 4.69) is 53.5 Å². The van der Waals surface area contributed by atoms with Gasteiger partial charge in [0, 0.05) is 25.2 Å². The van der Waals surface area contributed by atoms with E-state index in [-0.39, 0.29) is 11.4 Å². The third kappa shape index (κ3) is 4.69. The van der Waals surface area contributed by atoms with Crippen molar-refractivity contribution < 1.29 is 4.79 Å². The number of rotatable bonds is 5. The molecule has 0 aromatic carbocycles. The monoisotopic (exact) mass is 376 g/mol. The van der Waals surface area contributed by atoms with E-state index >= 15 is 0 Å². The largest absolute Gasteiger partial charge is 0.349 e.